The van der Waals surface area contributed by atoms with Gasteiger partial charge in [0.2, 0.25) is 0 Å². The summed E-state index contributed by atoms with van der Waals surface area (Å²) in [7, 11) is 0. The third-order valence-corrected chi connectivity index (χ3v) is 2.11. The van der Waals surface area contributed by atoms with Gasteiger partial charge in [0.05, 0.1) is 5.56 Å². The van der Waals surface area contributed by atoms with Crippen molar-refractivity contribution in [1.29, 1.82) is 0 Å². The van der Waals surface area contributed by atoms with E-state index in [1.54, 1.807) is 12.1 Å². The smallest absolute Gasteiger partial charge is 0.335 e. The molecule has 0 fully saturated rings. The Hall–Kier alpha value is -1.51. The fourth-order valence-electron chi connectivity index (χ4n) is 1.34. The zero-order chi connectivity index (χ0) is 10.9. The first-order chi connectivity index (χ1) is 6.32. The van der Waals surface area contributed by atoms with Crippen molar-refractivity contribution in [3.63, 3.8) is 0 Å². The van der Waals surface area contributed by atoms with E-state index in [0.29, 0.717) is 5.69 Å². The van der Waals surface area contributed by atoms with Gasteiger partial charge in [-0.3, -0.25) is 0 Å². The summed E-state index contributed by atoms with van der Waals surface area (Å²) in [6.45, 7) is 6.01. The van der Waals surface area contributed by atoms with Crippen molar-refractivity contribution >= 4 is 11.7 Å². The summed E-state index contributed by atoms with van der Waals surface area (Å²) in [5.41, 5.74) is 7.45. The molecule has 0 atom stereocenters. The van der Waals surface area contributed by atoms with Crippen LogP contribution in [0, 0.1) is 0 Å². The van der Waals surface area contributed by atoms with Gasteiger partial charge in [-0.15, -0.1) is 0 Å². The molecule has 3 nitrogen and oxygen atoms in total. The Labute approximate surface area is 83.6 Å². The zero-order valence-corrected chi connectivity index (χ0v) is 8.66. The summed E-state index contributed by atoms with van der Waals surface area (Å²) in [5, 5.41) is 8.83. The second-order valence-electron chi connectivity index (χ2n) is 4.36. The van der Waals surface area contributed by atoms with Crippen molar-refractivity contribution in [2.75, 3.05) is 5.73 Å². The fourth-order valence-corrected chi connectivity index (χ4v) is 1.34. The molecule has 1 rings (SSSR count). The lowest BCUT2D eigenvalue weighted by molar-refractivity contribution is 0.0697. The van der Waals surface area contributed by atoms with Gasteiger partial charge in [-0.25, -0.2) is 4.79 Å². The maximum Gasteiger partial charge on any atom is 0.335 e. The largest absolute Gasteiger partial charge is 0.478 e. The molecule has 14 heavy (non-hydrogen) atoms. The summed E-state index contributed by atoms with van der Waals surface area (Å²) < 4.78 is 0. The van der Waals surface area contributed by atoms with Crippen molar-refractivity contribution < 1.29 is 9.90 Å². The van der Waals surface area contributed by atoms with E-state index >= 15 is 0 Å². The van der Waals surface area contributed by atoms with Crippen LogP contribution in [0.4, 0.5) is 5.69 Å². The Morgan fingerprint density at radius 3 is 2.36 bits per heavy atom. The molecule has 0 unspecified atom stereocenters. The summed E-state index contributed by atoms with van der Waals surface area (Å²) in [6.07, 6.45) is 0. The van der Waals surface area contributed by atoms with E-state index in [9.17, 15) is 4.79 Å². The Bertz CT molecular complexity index is 364. The molecular weight excluding hydrogens is 178 g/mol. The predicted octanol–water partition coefficient (Wildman–Crippen LogP) is 2.26. The third-order valence-electron chi connectivity index (χ3n) is 2.11. The minimum Gasteiger partial charge on any atom is -0.478 e. The summed E-state index contributed by atoms with van der Waals surface area (Å²) in [5.74, 6) is -0.921. The number of carboxylic acid groups (broad SMARTS) is 1. The molecule has 0 aromatic heterocycles. The van der Waals surface area contributed by atoms with Crippen LogP contribution in [0.25, 0.3) is 0 Å². The normalized spacial score (nSPS) is 11.4. The van der Waals surface area contributed by atoms with Crippen molar-refractivity contribution in [2.24, 2.45) is 0 Å². The van der Waals surface area contributed by atoms with E-state index in [1.807, 2.05) is 20.8 Å². The summed E-state index contributed by atoms with van der Waals surface area (Å²) >= 11 is 0. The van der Waals surface area contributed by atoms with Crippen LogP contribution in [-0.2, 0) is 5.41 Å². The number of anilines is 1. The van der Waals surface area contributed by atoms with Crippen molar-refractivity contribution in [3.05, 3.63) is 29.3 Å². The first kappa shape index (κ1) is 10.6. The van der Waals surface area contributed by atoms with E-state index in [2.05, 4.69) is 0 Å². The Morgan fingerprint density at radius 2 is 1.93 bits per heavy atom. The molecule has 0 aliphatic rings. The molecule has 0 saturated heterocycles. The Kier molecular flexibility index (Phi) is 2.51. The number of benzene rings is 1. The van der Waals surface area contributed by atoms with Gasteiger partial charge in [0.1, 0.15) is 0 Å². The van der Waals surface area contributed by atoms with Crippen LogP contribution in [0.1, 0.15) is 36.7 Å². The lowest BCUT2D eigenvalue weighted by atomic mass is 9.85. The number of nitrogen functional groups attached to an aromatic ring is 1. The van der Waals surface area contributed by atoms with Crippen LogP contribution < -0.4 is 5.73 Å². The standard InChI is InChI=1S/C11H15NO2/c1-11(2,3)8-6-7(10(13)14)4-5-9(8)12/h4-6H,12H2,1-3H3,(H,13,14). The quantitative estimate of drug-likeness (QED) is 0.672. The number of nitrogens with two attached hydrogens (primary N) is 1. The highest BCUT2D eigenvalue weighted by Gasteiger charge is 2.18. The first-order valence-electron chi connectivity index (χ1n) is 4.45. The van der Waals surface area contributed by atoms with Gasteiger partial charge in [-0.1, -0.05) is 20.8 Å². The van der Waals surface area contributed by atoms with Crippen molar-refractivity contribution in [3.8, 4) is 0 Å². The van der Waals surface area contributed by atoms with E-state index in [1.165, 1.54) is 6.07 Å². The van der Waals surface area contributed by atoms with E-state index < -0.39 is 5.97 Å². The average Bonchev–Trinajstić information content (AvgIpc) is 2.02. The second-order valence-corrected chi connectivity index (χ2v) is 4.36. The third kappa shape index (κ3) is 2.05. The molecule has 1 aromatic carbocycles. The van der Waals surface area contributed by atoms with Gasteiger partial charge in [-0.05, 0) is 29.2 Å². The van der Waals surface area contributed by atoms with Gasteiger partial charge in [-0.2, -0.15) is 0 Å². The van der Waals surface area contributed by atoms with Crippen LogP contribution in [0.2, 0.25) is 0 Å². The number of aromatic carboxylic acids is 1. The van der Waals surface area contributed by atoms with Crippen LogP contribution in [0.3, 0.4) is 0 Å². The highest BCUT2D eigenvalue weighted by Crippen LogP contribution is 2.28. The van der Waals surface area contributed by atoms with Gasteiger partial charge in [0, 0.05) is 5.69 Å². The molecule has 0 saturated carbocycles. The molecule has 0 amide bonds. The zero-order valence-electron chi connectivity index (χ0n) is 8.66. The van der Waals surface area contributed by atoms with Gasteiger partial charge in [0.25, 0.3) is 0 Å². The lowest BCUT2D eigenvalue weighted by Gasteiger charge is -2.21. The SMILES string of the molecule is CC(C)(C)c1cc(C(=O)O)ccc1N. The molecule has 0 radical (unpaired) electrons. The molecule has 0 aliphatic heterocycles. The Morgan fingerprint density at radius 1 is 1.36 bits per heavy atom. The van der Waals surface area contributed by atoms with Crippen LogP contribution >= 0.6 is 0 Å². The maximum absolute atomic E-state index is 10.8. The lowest BCUT2D eigenvalue weighted by Crippen LogP contribution is -2.15. The summed E-state index contributed by atoms with van der Waals surface area (Å²) in [4.78, 5) is 10.8. The van der Waals surface area contributed by atoms with Crippen molar-refractivity contribution in [1.82, 2.24) is 0 Å². The van der Waals surface area contributed by atoms with Crippen LogP contribution in [0.5, 0.6) is 0 Å². The number of hydrogen-bond donors (Lipinski definition) is 2. The number of carboxylic acids is 1. The highest BCUT2D eigenvalue weighted by atomic mass is 16.4. The van der Waals surface area contributed by atoms with Gasteiger partial charge >= 0.3 is 5.97 Å². The minimum absolute atomic E-state index is 0.129. The van der Waals surface area contributed by atoms with E-state index in [-0.39, 0.29) is 11.0 Å². The average molecular weight is 193 g/mol. The van der Waals surface area contributed by atoms with E-state index in [4.69, 9.17) is 10.8 Å². The number of carbonyl (C=O) groups is 1. The molecule has 3 N–H and O–H groups in total. The molecule has 0 aliphatic carbocycles. The second kappa shape index (κ2) is 3.33. The predicted molar refractivity (Wildman–Crippen MR) is 56.5 cm³/mol. The van der Waals surface area contributed by atoms with Crippen molar-refractivity contribution in [2.45, 2.75) is 26.2 Å². The molecule has 3 heteroatoms. The summed E-state index contributed by atoms with van der Waals surface area (Å²) in [6, 6.07) is 4.80. The minimum atomic E-state index is -0.921. The van der Waals surface area contributed by atoms with E-state index in [0.717, 1.165) is 5.56 Å². The first-order valence-corrected chi connectivity index (χ1v) is 4.45. The Balaban J connectivity index is 3.29. The van der Waals surface area contributed by atoms with Gasteiger partial charge < -0.3 is 10.8 Å². The van der Waals surface area contributed by atoms with Gasteiger partial charge in [0.15, 0.2) is 0 Å². The molecule has 76 valence electrons. The molecule has 0 spiro atoms. The molecule has 0 heterocycles. The fraction of sp³-hybridized carbons (Fsp3) is 0.364. The molecular formula is C11H15NO2. The van der Waals surface area contributed by atoms with Crippen LogP contribution in [0.15, 0.2) is 18.2 Å². The topological polar surface area (TPSA) is 63.3 Å². The molecule has 1 aromatic rings. The highest BCUT2D eigenvalue weighted by molar-refractivity contribution is 5.88. The monoisotopic (exact) mass is 193 g/mol. The molecule has 0 bridgehead atoms. The van der Waals surface area contributed by atoms with Crippen LogP contribution in [-0.4, -0.2) is 11.1 Å². The number of hydrogen-bond acceptors (Lipinski definition) is 2. The number of rotatable bonds is 1. The maximum atomic E-state index is 10.8.